The molecule has 1 amide bonds. The molecule has 0 unspecified atom stereocenters. The normalized spacial score (nSPS) is 17.7. The van der Waals surface area contributed by atoms with Gasteiger partial charge in [0.1, 0.15) is 17.0 Å². The highest BCUT2D eigenvalue weighted by Gasteiger charge is 2.41. The van der Waals surface area contributed by atoms with Crippen molar-refractivity contribution in [2.45, 2.75) is 82.5 Å². The number of aromatic nitrogens is 1. The summed E-state index contributed by atoms with van der Waals surface area (Å²) >= 11 is 0. The van der Waals surface area contributed by atoms with Crippen LogP contribution in [0.1, 0.15) is 65.0 Å². The molecule has 1 aromatic heterocycles. The first-order valence-electron chi connectivity index (χ1n) is 12.3. The van der Waals surface area contributed by atoms with Gasteiger partial charge < -0.3 is 14.4 Å². The average Bonchev–Trinajstić information content (AvgIpc) is 2.78. The SMILES string of the molecule is CC(C)S(=O)(=O)Cc1ccc(-c2ccc3c(c2)CCC2(CCN(C(=O)OC(C)(C)C)CC2)O3)nc1. The first-order chi connectivity index (χ1) is 16.4. The Hall–Kier alpha value is -2.61. The van der Waals surface area contributed by atoms with Gasteiger partial charge in [-0.2, -0.15) is 0 Å². The van der Waals surface area contributed by atoms with E-state index in [2.05, 4.69) is 11.1 Å². The number of likely N-dealkylation sites (tertiary alicyclic amines) is 1. The number of piperidine rings is 1. The van der Waals surface area contributed by atoms with Gasteiger partial charge in [-0.1, -0.05) is 6.07 Å². The lowest BCUT2D eigenvalue weighted by atomic mass is 9.83. The minimum atomic E-state index is -3.16. The summed E-state index contributed by atoms with van der Waals surface area (Å²) in [6.45, 7) is 10.3. The van der Waals surface area contributed by atoms with Gasteiger partial charge in [0.25, 0.3) is 0 Å². The van der Waals surface area contributed by atoms with E-state index in [4.69, 9.17) is 9.47 Å². The second-order valence-corrected chi connectivity index (χ2v) is 13.5. The molecule has 0 radical (unpaired) electrons. The standard InChI is InChI=1S/C27H36N2O5S/c1-19(2)35(31,32)18-20-6-8-23(28-17-20)21-7-9-24-22(16-21)10-11-27(33-24)12-14-29(15-13-27)25(30)34-26(3,4)5/h6-9,16-17,19H,10-15,18H2,1-5H3. The molecule has 190 valence electrons. The van der Waals surface area contributed by atoms with Gasteiger partial charge in [0.2, 0.25) is 0 Å². The van der Waals surface area contributed by atoms with Gasteiger partial charge in [-0.15, -0.1) is 0 Å². The van der Waals surface area contributed by atoms with E-state index < -0.39 is 20.7 Å². The van der Waals surface area contributed by atoms with Crippen LogP contribution in [0.3, 0.4) is 0 Å². The fourth-order valence-electron chi connectivity index (χ4n) is 4.54. The zero-order chi connectivity index (χ0) is 25.4. The minimum absolute atomic E-state index is 0.00339. The fraction of sp³-hybridized carbons (Fsp3) is 0.556. The molecule has 1 fully saturated rings. The van der Waals surface area contributed by atoms with Crippen LogP contribution in [-0.2, 0) is 26.7 Å². The van der Waals surface area contributed by atoms with E-state index in [1.165, 1.54) is 0 Å². The van der Waals surface area contributed by atoms with Crippen LogP contribution < -0.4 is 4.74 Å². The van der Waals surface area contributed by atoms with E-state index in [1.54, 1.807) is 24.9 Å². The third-order valence-corrected chi connectivity index (χ3v) is 8.94. The van der Waals surface area contributed by atoms with Crippen molar-refractivity contribution in [2.24, 2.45) is 0 Å². The van der Waals surface area contributed by atoms with Crippen molar-refractivity contribution < 1.29 is 22.7 Å². The number of carbonyl (C=O) groups excluding carboxylic acids is 1. The van der Waals surface area contributed by atoms with E-state index >= 15 is 0 Å². The largest absolute Gasteiger partial charge is 0.487 e. The summed E-state index contributed by atoms with van der Waals surface area (Å²) in [6.07, 6.45) is 4.78. The highest BCUT2D eigenvalue weighted by molar-refractivity contribution is 7.91. The van der Waals surface area contributed by atoms with Crippen LogP contribution in [0.15, 0.2) is 36.5 Å². The number of pyridine rings is 1. The number of ether oxygens (including phenoxy) is 2. The van der Waals surface area contributed by atoms with Crippen molar-refractivity contribution in [2.75, 3.05) is 13.1 Å². The van der Waals surface area contributed by atoms with Crippen LogP contribution in [0, 0.1) is 0 Å². The number of nitrogens with zero attached hydrogens (tertiary/aromatic N) is 2. The minimum Gasteiger partial charge on any atom is -0.487 e. The molecular weight excluding hydrogens is 464 g/mol. The molecule has 2 aliphatic rings. The van der Waals surface area contributed by atoms with Crippen LogP contribution in [0.2, 0.25) is 0 Å². The molecule has 0 saturated carbocycles. The van der Waals surface area contributed by atoms with Crippen molar-refractivity contribution in [3.8, 4) is 17.0 Å². The third-order valence-electron chi connectivity index (χ3n) is 6.77. The molecule has 1 spiro atoms. The molecule has 0 bridgehead atoms. The second-order valence-electron chi connectivity index (χ2n) is 11.0. The van der Waals surface area contributed by atoms with E-state index in [0.717, 1.165) is 48.3 Å². The molecule has 0 N–H and O–H groups in total. The molecule has 35 heavy (non-hydrogen) atoms. The Bertz CT molecular complexity index is 1180. The molecule has 2 aliphatic heterocycles. The monoisotopic (exact) mass is 500 g/mol. The Morgan fingerprint density at radius 2 is 1.86 bits per heavy atom. The zero-order valence-electron chi connectivity index (χ0n) is 21.3. The second kappa shape index (κ2) is 9.45. The van der Waals surface area contributed by atoms with E-state index in [9.17, 15) is 13.2 Å². The van der Waals surface area contributed by atoms with Crippen molar-refractivity contribution in [3.05, 3.63) is 47.7 Å². The van der Waals surface area contributed by atoms with Gasteiger partial charge >= 0.3 is 6.09 Å². The van der Waals surface area contributed by atoms with Crippen LogP contribution >= 0.6 is 0 Å². The smallest absolute Gasteiger partial charge is 0.410 e. The number of rotatable bonds is 4. The number of fused-ring (bicyclic) bond motifs is 1. The number of amides is 1. The van der Waals surface area contributed by atoms with E-state index in [-0.39, 0.29) is 17.4 Å². The number of carbonyl (C=O) groups is 1. The summed E-state index contributed by atoms with van der Waals surface area (Å²) < 4.78 is 36.4. The lowest BCUT2D eigenvalue weighted by molar-refractivity contribution is -0.0272. The molecule has 7 nitrogen and oxygen atoms in total. The predicted molar refractivity (Wildman–Crippen MR) is 136 cm³/mol. The van der Waals surface area contributed by atoms with Gasteiger partial charge in [-0.3, -0.25) is 4.98 Å². The van der Waals surface area contributed by atoms with Gasteiger partial charge in [0.05, 0.1) is 16.7 Å². The summed E-state index contributed by atoms with van der Waals surface area (Å²) in [5, 5.41) is -0.407. The summed E-state index contributed by atoms with van der Waals surface area (Å²) in [6, 6.07) is 9.84. The fourth-order valence-corrected chi connectivity index (χ4v) is 5.50. The van der Waals surface area contributed by atoms with Gasteiger partial charge in [0, 0.05) is 37.7 Å². The van der Waals surface area contributed by atoms with Crippen LogP contribution in [0.5, 0.6) is 5.75 Å². The van der Waals surface area contributed by atoms with Gasteiger partial charge in [-0.05, 0) is 82.9 Å². The molecular formula is C27H36N2O5S. The quantitative estimate of drug-likeness (QED) is 0.576. The first kappa shape index (κ1) is 25.5. The Morgan fingerprint density at radius 3 is 2.46 bits per heavy atom. The Balaban J connectivity index is 1.41. The van der Waals surface area contributed by atoms with Crippen LogP contribution in [0.4, 0.5) is 4.79 Å². The summed E-state index contributed by atoms with van der Waals surface area (Å²) in [7, 11) is -3.16. The Kier molecular flexibility index (Phi) is 6.88. The number of hydrogen-bond donors (Lipinski definition) is 0. The number of benzene rings is 1. The van der Waals surface area contributed by atoms with Crippen LogP contribution in [-0.4, -0.2) is 53.9 Å². The average molecular weight is 501 g/mol. The maximum Gasteiger partial charge on any atom is 0.410 e. The Labute approximate surface area is 208 Å². The van der Waals surface area contributed by atoms with E-state index in [1.807, 2.05) is 45.0 Å². The highest BCUT2D eigenvalue weighted by atomic mass is 32.2. The van der Waals surface area contributed by atoms with Gasteiger partial charge in [0.15, 0.2) is 9.84 Å². The molecule has 2 aromatic rings. The topological polar surface area (TPSA) is 85.8 Å². The highest BCUT2D eigenvalue weighted by Crippen LogP contribution is 2.40. The molecule has 8 heteroatoms. The number of aryl methyl sites for hydroxylation is 1. The molecule has 1 aromatic carbocycles. The maximum atomic E-state index is 12.4. The molecule has 0 aliphatic carbocycles. The Morgan fingerprint density at radius 1 is 1.14 bits per heavy atom. The van der Waals surface area contributed by atoms with Crippen LogP contribution in [0.25, 0.3) is 11.3 Å². The molecule has 4 rings (SSSR count). The van der Waals surface area contributed by atoms with E-state index in [0.29, 0.717) is 18.7 Å². The predicted octanol–water partition coefficient (Wildman–Crippen LogP) is 5.17. The summed E-state index contributed by atoms with van der Waals surface area (Å²) in [5.74, 6) is 0.897. The molecule has 1 saturated heterocycles. The third kappa shape index (κ3) is 5.97. The maximum absolute atomic E-state index is 12.4. The summed E-state index contributed by atoms with van der Waals surface area (Å²) in [4.78, 5) is 18.7. The van der Waals surface area contributed by atoms with Gasteiger partial charge in [-0.25, -0.2) is 13.2 Å². The first-order valence-corrected chi connectivity index (χ1v) is 14.0. The van der Waals surface area contributed by atoms with Crippen molar-refractivity contribution >= 4 is 15.9 Å². The van der Waals surface area contributed by atoms with Crippen molar-refractivity contribution in [1.82, 2.24) is 9.88 Å². The van der Waals surface area contributed by atoms with Crippen molar-refractivity contribution in [3.63, 3.8) is 0 Å². The lowest BCUT2D eigenvalue weighted by Gasteiger charge is -2.44. The molecule has 3 heterocycles. The number of hydrogen-bond acceptors (Lipinski definition) is 6. The summed E-state index contributed by atoms with van der Waals surface area (Å²) in [5.41, 5.74) is 2.91. The zero-order valence-corrected chi connectivity index (χ0v) is 22.2. The number of sulfone groups is 1. The van der Waals surface area contributed by atoms with Crippen molar-refractivity contribution in [1.29, 1.82) is 0 Å². The lowest BCUT2D eigenvalue weighted by Crippen LogP contribution is -2.52. The molecule has 0 atom stereocenters.